The molecule has 0 radical (unpaired) electrons. The molecule has 4 rings (SSSR count). The molecule has 0 fully saturated rings. The molecule has 0 saturated heterocycles. The summed E-state index contributed by atoms with van der Waals surface area (Å²) in [6.45, 7) is 4.07. The number of amides is 1. The summed E-state index contributed by atoms with van der Waals surface area (Å²) in [6.07, 6.45) is 1.42. The molecule has 0 unspecified atom stereocenters. The predicted molar refractivity (Wildman–Crippen MR) is 118 cm³/mol. The first-order valence-corrected chi connectivity index (χ1v) is 10.5. The van der Waals surface area contributed by atoms with E-state index in [4.69, 9.17) is 4.74 Å². The molecule has 0 atom stereocenters. The van der Waals surface area contributed by atoms with E-state index in [9.17, 15) is 14.0 Å². The number of hydrogen-bond donors (Lipinski definition) is 1. The molecule has 0 saturated carbocycles. The van der Waals surface area contributed by atoms with Crippen molar-refractivity contribution in [2.75, 3.05) is 0 Å². The average molecular weight is 437 g/mol. The molecule has 31 heavy (non-hydrogen) atoms. The smallest absolute Gasteiger partial charge is 0.262 e. The van der Waals surface area contributed by atoms with Crippen molar-refractivity contribution in [3.8, 4) is 11.5 Å². The maximum atomic E-state index is 13.0. The molecule has 0 bridgehead atoms. The van der Waals surface area contributed by atoms with E-state index in [1.54, 1.807) is 24.3 Å². The van der Waals surface area contributed by atoms with Gasteiger partial charge in [-0.15, -0.1) is 11.3 Å². The summed E-state index contributed by atoms with van der Waals surface area (Å²) >= 11 is 1.48. The van der Waals surface area contributed by atoms with Gasteiger partial charge in [0.15, 0.2) is 0 Å². The van der Waals surface area contributed by atoms with Crippen molar-refractivity contribution >= 4 is 27.5 Å². The van der Waals surface area contributed by atoms with Gasteiger partial charge in [-0.2, -0.15) is 0 Å². The zero-order valence-corrected chi connectivity index (χ0v) is 17.8. The van der Waals surface area contributed by atoms with Crippen LogP contribution in [0.25, 0.3) is 10.2 Å². The standard InChI is InChI=1S/C23H20FN3O3S/c1-14-15(2)31-22-21(14)23(29)27(13-26-22)12-20(28)25-11-16-3-7-18(8-4-16)30-19-9-5-17(24)6-10-19/h3-10,13H,11-12H2,1-2H3,(H,25,28). The minimum atomic E-state index is -0.322. The highest BCUT2D eigenvalue weighted by Crippen LogP contribution is 2.25. The Labute approximate surface area is 181 Å². The van der Waals surface area contributed by atoms with Gasteiger partial charge in [0.25, 0.3) is 5.56 Å². The molecule has 8 heteroatoms. The number of nitrogens with one attached hydrogen (secondary N) is 1. The summed E-state index contributed by atoms with van der Waals surface area (Å²) in [7, 11) is 0. The summed E-state index contributed by atoms with van der Waals surface area (Å²) in [5, 5.41) is 3.39. The quantitative estimate of drug-likeness (QED) is 0.488. The second kappa shape index (κ2) is 8.69. The van der Waals surface area contributed by atoms with Crippen molar-refractivity contribution < 1.29 is 13.9 Å². The number of aryl methyl sites for hydroxylation is 2. The van der Waals surface area contributed by atoms with Crippen LogP contribution in [-0.2, 0) is 17.9 Å². The lowest BCUT2D eigenvalue weighted by Crippen LogP contribution is -2.32. The van der Waals surface area contributed by atoms with Crippen molar-refractivity contribution in [1.82, 2.24) is 14.9 Å². The lowest BCUT2D eigenvalue weighted by Gasteiger charge is -2.09. The zero-order valence-electron chi connectivity index (χ0n) is 17.0. The largest absolute Gasteiger partial charge is 0.457 e. The Balaban J connectivity index is 1.36. The second-order valence-electron chi connectivity index (χ2n) is 7.12. The van der Waals surface area contributed by atoms with E-state index >= 15 is 0 Å². The molecule has 0 aliphatic carbocycles. The normalized spacial score (nSPS) is 10.9. The van der Waals surface area contributed by atoms with Crippen LogP contribution in [0.3, 0.4) is 0 Å². The molecule has 0 aliphatic heterocycles. The maximum absolute atomic E-state index is 13.0. The Morgan fingerprint density at radius 2 is 1.74 bits per heavy atom. The first-order chi connectivity index (χ1) is 14.9. The highest BCUT2D eigenvalue weighted by molar-refractivity contribution is 7.18. The molecule has 2 heterocycles. The van der Waals surface area contributed by atoms with Gasteiger partial charge in [-0.25, -0.2) is 9.37 Å². The number of rotatable bonds is 6. The minimum Gasteiger partial charge on any atom is -0.457 e. The second-order valence-corrected chi connectivity index (χ2v) is 8.32. The van der Waals surface area contributed by atoms with Crippen LogP contribution >= 0.6 is 11.3 Å². The predicted octanol–water partition coefficient (Wildman–Crippen LogP) is 4.32. The summed E-state index contributed by atoms with van der Waals surface area (Å²) in [5.41, 5.74) is 1.59. The number of carbonyl (C=O) groups excluding carboxylic acids is 1. The number of benzene rings is 2. The number of carbonyl (C=O) groups is 1. The van der Waals surface area contributed by atoms with Crippen LogP contribution in [0.5, 0.6) is 11.5 Å². The van der Waals surface area contributed by atoms with Crippen molar-refractivity contribution in [3.63, 3.8) is 0 Å². The number of aromatic nitrogens is 2. The maximum Gasteiger partial charge on any atom is 0.262 e. The molecule has 6 nitrogen and oxygen atoms in total. The van der Waals surface area contributed by atoms with E-state index in [0.717, 1.165) is 16.0 Å². The van der Waals surface area contributed by atoms with Gasteiger partial charge in [0.05, 0.1) is 11.7 Å². The van der Waals surface area contributed by atoms with E-state index in [2.05, 4.69) is 10.3 Å². The molecule has 1 amide bonds. The molecular weight excluding hydrogens is 417 g/mol. The zero-order chi connectivity index (χ0) is 22.0. The third-order valence-corrected chi connectivity index (χ3v) is 6.05. The summed E-state index contributed by atoms with van der Waals surface area (Å²) < 4.78 is 19.9. The van der Waals surface area contributed by atoms with Crippen LogP contribution in [0.1, 0.15) is 16.0 Å². The van der Waals surface area contributed by atoms with Gasteiger partial charge in [0.1, 0.15) is 28.7 Å². The minimum absolute atomic E-state index is 0.0954. The van der Waals surface area contributed by atoms with Gasteiger partial charge in [-0.3, -0.25) is 14.2 Å². The number of thiophene rings is 1. The lowest BCUT2D eigenvalue weighted by atomic mass is 10.2. The van der Waals surface area contributed by atoms with Crippen LogP contribution in [0.2, 0.25) is 0 Å². The number of hydrogen-bond acceptors (Lipinski definition) is 5. The number of nitrogens with zero attached hydrogens (tertiary/aromatic N) is 2. The van der Waals surface area contributed by atoms with Gasteiger partial charge >= 0.3 is 0 Å². The van der Waals surface area contributed by atoms with Gasteiger partial charge in [0.2, 0.25) is 5.91 Å². The Bertz CT molecular complexity index is 1290. The van der Waals surface area contributed by atoms with Gasteiger partial charge in [-0.1, -0.05) is 12.1 Å². The first-order valence-electron chi connectivity index (χ1n) is 9.65. The van der Waals surface area contributed by atoms with Crippen molar-refractivity contribution in [2.24, 2.45) is 0 Å². The molecule has 4 aromatic rings. The topological polar surface area (TPSA) is 73.2 Å². The number of ether oxygens (including phenoxy) is 1. The summed E-state index contributed by atoms with van der Waals surface area (Å²) in [6, 6.07) is 13.0. The van der Waals surface area contributed by atoms with E-state index < -0.39 is 0 Å². The molecule has 1 N–H and O–H groups in total. The van der Waals surface area contributed by atoms with E-state index in [1.165, 1.54) is 34.4 Å². The fourth-order valence-corrected chi connectivity index (χ4v) is 4.10. The van der Waals surface area contributed by atoms with E-state index in [-0.39, 0.29) is 23.8 Å². The monoisotopic (exact) mass is 437 g/mol. The molecule has 158 valence electrons. The summed E-state index contributed by atoms with van der Waals surface area (Å²) in [4.78, 5) is 31.1. The van der Waals surface area contributed by atoms with Crippen LogP contribution < -0.4 is 15.6 Å². The SMILES string of the molecule is Cc1sc2ncn(CC(=O)NCc3ccc(Oc4ccc(F)cc4)cc3)c(=O)c2c1C. The molecule has 2 aromatic heterocycles. The Morgan fingerprint density at radius 3 is 2.42 bits per heavy atom. The third kappa shape index (κ3) is 4.64. The Morgan fingerprint density at radius 1 is 1.10 bits per heavy atom. The van der Waals surface area contributed by atoms with E-state index in [0.29, 0.717) is 28.3 Å². The van der Waals surface area contributed by atoms with Crippen LogP contribution in [-0.4, -0.2) is 15.5 Å². The Hall–Kier alpha value is -3.52. The molecular formula is C23H20FN3O3S. The van der Waals surface area contributed by atoms with Gasteiger partial charge in [0, 0.05) is 11.4 Å². The third-order valence-electron chi connectivity index (χ3n) is 4.93. The lowest BCUT2D eigenvalue weighted by molar-refractivity contribution is -0.121. The number of halogens is 1. The summed E-state index contributed by atoms with van der Waals surface area (Å²) in [5.74, 6) is 0.542. The van der Waals surface area contributed by atoms with Crippen molar-refractivity contribution in [2.45, 2.75) is 26.9 Å². The van der Waals surface area contributed by atoms with Crippen LogP contribution in [0.4, 0.5) is 4.39 Å². The van der Waals surface area contributed by atoms with Crippen LogP contribution in [0, 0.1) is 19.7 Å². The molecule has 0 spiro atoms. The first kappa shape index (κ1) is 20.7. The van der Waals surface area contributed by atoms with Crippen LogP contribution in [0.15, 0.2) is 59.7 Å². The Kier molecular flexibility index (Phi) is 5.81. The highest BCUT2D eigenvalue weighted by Gasteiger charge is 2.13. The highest BCUT2D eigenvalue weighted by atomic mass is 32.1. The molecule has 2 aromatic carbocycles. The average Bonchev–Trinajstić information content (AvgIpc) is 3.05. The number of fused-ring (bicyclic) bond motifs is 1. The fraction of sp³-hybridized carbons (Fsp3) is 0.174. The van der Waals surface area contributed by atoms with Crippen molar-refractivity contribution in [3.05, 3.63) is 87.0 Å². The fourth-order valence-electron chi connectivity index (χ4n) is 3.11. The van der Waals surface area contributed by atoms with Crippen molar-refractivity contribution in [1.29, 1.82) is 0 Å². The van der Waals surface area contributed by atoms with E-state index in [1.807, 2.05) is 26.0 Å². The van der Waals surface area contributed by atoms with Gasteiger partial charge < -0.3 is 10.1 Å². The van der Waals surface area contributed by atoms with Gasteiger partial charge in [-0.05, 0) is 61.4 Å². The molecule has 0 aliphatic rings.